The van der Waals surface area contributed by atoms with Gasteiger partial charge in [0.05, 0.1) is 5.71 Å². The van der Waals surface area contributed by atoms with Crippen LogP contribution in [0.15, 0.2) is 0 Å². The summed E-state index contributed by atoms with van der Waals surface area (Å²) >= 11 is 0. The van der Waals surface area contributed by atoms with Gasteiger partial charge in [-0.05, 0) is 56.3 Å². The summed E-state index contributed by atoms with van der Waals surface area (Å²) in [7, 11) is -4.79. The van der Waals surface area contributed by atoms with Crippen molar-refractivity contribution in [2.24, 2.45) is 23.2 Å². The van der Waals surface area contributed by atoms with Crippen LogP contribution in [-0.2, 0) is 10.1 Å². The molecule has 4 bridgehead atoms. The van der Waals surface area contributed by atoms with E-state index in [0.717, 1.165) is 38.5 Å². The maximum absolute atomic E-state index is 13.8. The van der Waals surface area contributed by atoms with Crippen LogP contribution in [0, 0.1) is 28.6 Å². The molecular weight excluding hydrogens is 257 g/mol. The van der Waals surface area contributed by atoms with Crippen molar-refractivity contribution in [1.82, 2.24) is 0 Å². The van der Waals surface area contributed by atoms with Gasteiger partial charge in [-0.3, -0.25) is 4.55 Å². The first-order chi connectivity index (χ1) is 8.30. The predicted octanol–water partition coefficient (Wildman–Crippen LogP) is 2.41. The summed E-state index contributed by atoms with van der Waals surface area (Å²) in [6.45, 7) is 0. The summed E-state index contributed by atoms with van der Waals surface area (Å²) in [5.41, 5.74) is -3.53. The Morgan fingerprint density at radius 3 is 1.89 bits per heavy atom. The molecule has 0 radical (unpaired) electrons. The highest BCUT2D eigenvalue weighted by Crippen LogP contribution is 2.60. The van der Waals surface area contributed by atoms with Crippen LogP contribution in [0.5, 0.6) is 0 Å². The summed E-state index contributed by atoms with van der Waals surface area (Å²) in [5.74, 6) is 1.56. The molecule has 102 valence electrons. The van der Waals surface area contributed by atoms with Gasteiger partial charge in [0.2, 0.25) is 0 Å². The molecule has 0 aliphatic heterocycles. The standard InChI is InChI=1S/C12H18FNO3S/c13-11(18(15,16)17)10(14)12-4-7-1-8(5-12)3-9(2-7)6-12/h7-9,11,14H,1-6H2,(H,15,16,17). The Kier molecular flexibility index (Phi) is 2.62. The Labute approximate surface area is 106 Å². The number of nitrogens with one attached hydrogen (secondary N) is 1. The van der Waals surface area contributed by atoms with Gasteiger partial charge in [-0.25, -0.2) is 4.39 Å². The number of hydrogen-bond donors (Lipinski definition) is 2. The highest BCUT2D eigenvalue weighted by atomic mass is 32.2. The second kappa shape index (κ2) is 3.76. The summed E-state index contributed by atoms with van der Waals surface area (Å²) in [6.07, 6.45) is 5.63. The minimum atomic E-state index is -4.79. The van der Waals surface area contributed by atoms with Crippen LogP contribution in [-0.4, -0.2) is 24.2 Å². The van der Waals surface area contributed by atoms with Crippen LogP contribution < -0.4 is 0 Å². The maximum atomic E-state index is 13.8. The van der Waals surface area contributed by atoms with Crippen LogP contribution in [0.4, 0.5) is 4.39 Å². The van der Waals surface area contributed by atoms with Gasteiger partial charge in [0.15, 0.2) is 0 Å². The monoisotopic (exact) mass is 275 g/mol. The van der Waals surface area contributed by atoms with E-state index in [-0.39, 0.29) is 0 Å². The molecule has 18 heavy (non-hydrogen) atoms. The lowest BCUT2D eigenvalue weighted by molar-refractivity contribution is -0.0148. The highest BCUT2D eigenvalue weighted by Gasteiger charge is 2.55. The molecule has 2 N–H and O–H groups in total. The van der Waals surface area contributed by atoms with E-state index < -0.39 is 26.7 Å². The summed E-state index contributed by atoms with van der Waals surface area (Å²) < 4.78 is 44.4. The maximum Gasteiger partial charge on any atom is 0.303 e. The Hall–Kier alpha value is -0.490. The molecule has 1 unspecified atom stereocenters. The van der Waals surface area contributed by atoms with Crippen molar-refractivity contribution >= 4 is 15.8 Å². The van der Waals surface area contributed by atoms with E-state index in [0.29, 0.717) is 17.8 Å². The third-order valence-electron chi connectivity index (χ3n) is 5.10. The molecule has 0 heterocycles. The molecule has 4 aliphatic rings. The van der Waals surface area contributed by atoms with E-state index in [9.17, 15) is 12.8 Å². The number of halogens is 1. The summed E-state index contributed by atoms with van der Waals surface area (Å²) in [6, 6.07) is 0. The van der Waals surface area contributed by atoms with Crippen molar-refractivity contribution in [1.29, 1.82) is 5.41 Å². The van der Waals surface area contributed by atoms with Crippen LogP contribution in [0.2, 0.25) is 0 Å². The van der Waals surface area contributed by atoms with E-state index >= 15 is 0 Å². The zero-order chi connectivity index (χ0) is 13.1. The SMILES string of the molecule is N=C(C(F)S(=O)(=O)O)C12CC3CC(CC(C3)C1)C2. The molecule has 4 nitrogen and oxygen atoms in total. The topological polar surface area (TPSA) is 78.2 Å². The fourth-order valence-electron chi connectivity index (χ4n) is 4.83. The van der Waals surface area contributed by atoms with Crippen molar-refractivity contribution < 1.29 is 17.4 Å². The van der Waals surface area contributed by atoms with E-state index in [4.69, 9.17) is 9.96 Å². The minimum absolute atomic E-state index is 0.399. The number of hydrogen-bond acceptors (Lipinski definition) is 3. The van der Waals surface area contributed by atoms with Crippen molar-refractivity contribution in [3.8, 4) is 0 Å². The Balaban J connectivity index is 1.90. The molecule has 0 amide bonds. The Morgan fingerprint density at radius 1 is 1.17 bits per heavy atom. The van der Waals surface area contributed by atoms with Crippen LogP contribution in [0.3, 0.4) is 0 Å². The van der Waals surface area contributed by atoms with Crippen molar-refractivity contribution in [3.63, 3.8) is 0 Å². The average Bonchev–Trinajstić information content (AvgIpc) is 2.23. The molecule has 0 saturated heterocycles. The van der Waals surface area contributed by atoms with Gasteiger partial charge in [0.1, 0.15) is 0 Å². The lowest BCUT2D eigenvalue weighted by Gasteiger charge is -2.57. The van der Waals surface area contributed by atoms with Gasteiger partial charge in [0.25, 0.3) is 5.50 Å². The quantitative estimate of drug-likeness (QED) is 0.613. The van der Waals surface area contributed by atoms with Gasteiger partial charge >= 0.3 is 10.1 Å². The molecule has 4 aliphatic carbocycles. The first kappa shape index (κ1) is 12.5. The second-order valence-corrected chi connectivity index (χ2v) is 7.89. The predicted molar refractivity (Wildman–Crippen MR) is 64.8 cm³/mol. The van der Waals surface area contributed by atoms with Gasteiger partial charge in [-0.15, -0.1) is 0 Å². The number of rotatable bonds is 3. The Bertz CT molecular complexity index is 452. The van der Waals surface area contributed by atoms with E-state index in [1.807, 2.05) is 0 Å². The fraction of sp³-hybridized carbons (Fsp3) is 0.917. The molecule has 4 saturated carbocycles. The zero-order valence-corrected chi connectivity index (χ0v) is 10.9. The van der Waals surface area contributed by atoms with Gasteiger partial charge in [-0.2, -0.15) is 8.42 Å². The minimum Gasteiger partial charge on any atom is -0.305 e. The van der Waals surface area contributed by atoms with Crippen molar-refractivity contribution in [2.75, 3.05) is 0 Å². The van der Waals surface area contributed by atoms with E-state index in [1.165, 1.54) is 0 Å². The van der Waals surface area contributed by atoms with Crippen molar-refractivity contribution in [2.45, 2.75) is 44.0 Å². The summed E-state index contributed by atoms with van der Waals surface area (Å²) in [5, 5.41) is 7.91. The molecule has 6 heteroatoms. The first-order valence-corrected chi connectivity index (χ1v) is 8.00. The average molecular weight is 275 g/mol. The highest BCUT2D eigenvalue weighted by molar-refractivity contribution is 7.87. The molecule has 0 aromatic carbocycles. The van der Waals surface area contributed by atoms with Crippen LogP contribution in [0.25, 0.3) is 0 Å². The van der Waals surface area contributed by atoms with Gasteiger partial charge in [0, 0.05) is 5.41 Å². The first-order valence-electron chi connectivity index (χ1n) is 6.49. The van der Waals surface area contributed by atoms with Crippen LogP contribution in [0.1, 0.15) is 38.5 Å². The summed E-state index contributed by atoms with van der Waals surface area (Å²) in [4.78, 5) is 0. The molecular formula is C12H18FNO3S. The second-order valence-electron chi connectivity index (χ2n) is 6.44. The molecule has 4 rings (SSSR count). The lowest BCUT2D eigenvalue weighted by Crippen LogP contribution is -2.52. The zero-order valence-electron chi connectivity index (χ0n) is 10.1. The van der Waals surface area contributed by atoms with Crippen molar-refractivity contribution in [3.05, 3.63) is 0 Å². The fourth-order valence-corrected chi connectivity index (χ4v) is 5.38. The third kappa shape index (κ3) is 1.81. The molecule has 1 atom stereocenters. The Morgan fingerprint density at radius 2 is 1.56 bits per heavy atom. The van der Waals surface area contributed by atoms with Crippen LogP contribution >= 0.6 is 0 Å². The third-order valence-corrected chi connectivity index (χ3v) is 5.86. The molecule has 0 spiro atoms. The van der Waals surface area contributed by atoms with Gasteiger partial charge in [-0.1, -0.05) is 0 Å². The van der Waals surface area contributed by atoms with E-state index in [1.54, 1.807) is 0 Å². The number of alkyl halides is 1. The normalized spacial score (nSPS) is 44.0. The smallest absolute Gasteiger partial charge is 0.303 e. The molecule has 0 aromatic heterocycles. The lowest BCUT2D eigenvalue weighted by atomic mass is 9.48. The largest absolute Gasteiger partial charge is 0.305 e. The molecule has 4 fully saturated rings. The van der Waals surface area contributed by atoms with Gasteiger partial charge < -0.3 is 5.41 Å². The molecule has 0 aromatic rings. The van der Waals surface area contributed by atoms with E-state index in [2.05, 4.69) is 0 Å².